The first-order chi connectivity index (χ1) is 8.11. The fraction of sp³-hybridized carbons (Fsp3) is 0.250. The molecule has 2 aromatic rings. The van der Waals surface area contributed by atoms with Gasteiger partial charge in [-0.05, 0) is 13.1 Å². The number of hydrogen-bond donors (Lipinski definition) is 1. The van der Waals surface area contributed by atoms with Crippen molar-refractivity contribution in [2.24, 2.45) is 7.05 Å². The molecule has 90 valence electrons. The van der Waals surface area contributed by atoms with Gasteiger partial charge in [0.2, 0.25) is 0 Å². The van der Waals surface area contributed by atoms with E-state index in [9.17, 15) is 8.78 Å². The normalized spacial score (nSPS) is 12.7. The first kappa shape index (κ1) is 11.7. The lowest BCUT2D eigenvalue weighted by molar-refractivity contribution is 0.548. The number of aromatic nitrogens is 2. The van der Waals surface area contributed by atoms with Crippen LogP contribution >= 0.6 is 0 Å². The maximum Gasteiger partial charge on any atom is 0.131 e. The molecule has 5 heteroatoms. The van der Waals surface area contributed by atoms with Gasteiger partial charge in [0, 0.05) is 24.9 Å². The fourth-order valence-corrected chi connectivity index (χ4v) is 1.78. The average molecular weight is 237 g/mol. The van der Waals surface area contributed by atoms with Gasteiger partial charge in [0.05, 0.1) is 18.1 Å². The molecule has 17 heavy (non-hydrogen) atoms. The van der Waals surface area contributed by atoms with E-state index in [1.165, 1.54) is 12.1 Å². The molecule has 1 heterocycles. The van der Waals surface area contributed by atoms with E-state index in [4.69, 9.17) is 0 Å². The van der Waals surface area contributed by atoms with Crippen LogP contribution in [0.1, 0.15) is 17.3 Å². The third-order valence-electron chi connectivity index (χ3n) is 2.58. The smallest absolute Gasteiger partial charge is 0.131 e. The molecule has 3 nitrogen and oxygen atoms in total. The van der Waals surface area contributed by atoms with Crippen LogP contribution in [-0.2, 0) is 7.05 Å². The molecule has 1 aromatic carbocycles. The standard InChI is InChI=1S/C12H13F2N3/c1-15-12(11-6-17(2)7-16-11)9-4-3-8(13)5-10(9)14/h3-7,12,15H,1-2H3. The zero-order chi connectivity index (χ0) is 12.4. The lowest BCUT2D eigenvalue weighted by Crippen LogP contribution is -2.19. The quantitative estimate of drug-likeness (QED) is 0.885. The molecule has 0 saturated carbocycles. The lowest BCUT2D eigenvalue weighted by atomic mass is 10.0. The molecule has 0 aliphatic carbocycles. The molecule has 1 aromatic heterocycles. The Balaban J connectivity index is 2.42. The van der Waals surface area contributed by atoms with Crippen molar-refractivity contribution in [3.63, 3.8) is 0 Å². The van der Waals surface area contributed by atoms with E-state index in [-0.39, 0.29) is 6.04 Å². The van der Waals surface area contributed by atoms with Crippen LogP contribution in [-0.4, -0.2) is 16.6 Å². The Hall–Kier alpha value is -1.75. The van der Waals surface area contributed by atoms with Gasteiger partial charge in [-0.25, -0.2) is 13.8 Å². The summed E-state index contributed by atoms with van der Waals surface area (Å²) >= 11 is 0. The Morgan fingerprint density at radius 1 is 1.35 bits per heavy atom. The molecule has 0 spiro atoms. The minimum Gasteiger partial charge on any atom is -0.340 e. The van der Waals surface area contributed by atoms with E-state index >= 15 is 0 Å². The van der Waals surface area contributed by atoms with Crippen LogP contribution in [0.4, 0.5) is 8.78 Å². The molecular weight excluding hydrogens is 224 g/mol. The van der Waals surface area contributed by atoms with Crippen LogP contribution in [0.2, 0.25) is 0 Å². The Morgan fingerprint density at radius 2 is 2.12 bits per heavy atom. The number of hydrogen-bond acceptors (Lipinski definition) is 2. The fourth-order valence-electron chi connectivity index (χ4n) is 1.78. The molecular formula is C12H13F2N3. The number of benzene rings is 1. The van der Waals surface area contributed by atoms with Crippen molar-refractivity contribution in [3.05, 3.63) is 53.6 Å². The second kappa shape index (κ2) is 4.63. The first-order valence-corrected chi connectivity index (χ1v) is 5.22. The van der Waals surface area contributed by atoms with Gasteiger partial charge >= 0.3 is 0 Å². The minimum absolute atomic E-state index is 0.378. The highest BCUT2D eigenvalue weighted by molar-refractivity contribution is 5.28. The van der Waals surface area contributed by atoms with Gasteiger partial charge in [-0.1, -0.05) is 6.07 Å². The van der Waals surface area contributed by atoms with Crippen LogP contribution in [0.25, 0.3) is 0 Å². The Bertz CT molecular complexity index is 522. The highest BCUT2D eigenvalue weighted by atomic mass is 19.1. The van der Waals surface area contributed by atoms with Crippen LogP contribution in [0, 0.1) is 11.6 Å². The molecule has 0 aliphatic heterocycles. The molecule has 0 amide bonds. The number of aryl methyl sites for hydroxylation is 1. The summed E-state index contributed by atoms with van der Waals surface area (Å²) in [6, 6.07) is 3.17. The van der Waals surface area contributed by atoms with E-state index in [0.29, 0.717) is 11.3 Å². The van der Waals surface area contributed by atoms with Crippen molar-refractivity contribution < 1.29 is 8.78 Å². The lowest BCUT2D eigenvalue weighted by Gasteiger charge is -2.15. The van der Waals surface area contributed by atoms with Crippen molar-refractivity contribution in [1.29, 1.82) is 0 Å². The number of rotatable bonds is 3. The van der Waals surface area contributed by atoms with Crippen molar-refractivity contribution in [3.8, 4) is 0 Å². The molecule has 0 fully saturated rings. The summed E-state index contributed by atoms with van der Waals surface area (Å²) in [5.41, 5.74) is 1.08. The summed E-state index contributed by atoms with van der Waals surface area (Å²) in [6.07, 6.45) is 3.44. The molecule has 0 radical (unpaired) electrons. The summed E-state index contributed by atoms with van der Waals surface area (Å²) in [5, 5.41) is 2.97. The predicted molar refractivity (Wildman–Crippen MR) is 60.5 cm³/mol. The summed E-state index contributed by atoms with van der Waals surface area (Å²) in [5.74, 6) is -1.16. The van der Waals surface area contributed by atoms with Crippen molar-refractivity contribution >= 4 is 0 Å². The van der Waals surface area contributed by atoms with Gasteiger partial charge in [0.15, 0.2) is 0 Å². The van der Waals surface area contributed by atoms with Crippen LogP contribution in [0.5, 0.6) is 0 Å². The average Bonchev–Trinajstić information content (AvgIpc) is 2.69. The summed E-state index contributed by atoms with van der Waals surface area (Å²) in [6.45, 7) is 0. The molecule has 0 aliphatic rings. The van der Waals surface area contributed by atoms with E-state index in [2.05, 4.69) is 10.3 Å². The van der Waals surface area contributed by atoms with Crippen molar-refractivity contribution in [1.82, 2.24) is 14.9 Å². The molecule has 0 saturated heterocycles. The third-order valence-corrected chi connectivity index (χ3v) is 2.58. The minimum atomic E-state index is -0.581. The van der Waals surface area contributed by atoms with Gasteiger partial charge in [0.1, 0.15) is 11.6 Å². The second-order valence-corrected chi connectivity index (χ2v) is 3.85. The third kappa shape index (κ3) is 2.34. The maximum absolute atomic E-state index is 13.7. The van der Waals surface area contributed by atoms with E-state index in [1.54, 1.807) is 24.1 Å². The molecule has 0 bridgehead atoms. The predicted octanol–water partition coefficient (Wildman–Crippen LogP) is 2.01. The van der Waals surface area contributed by atoms with Crippen LogP contribution in [0.15, 0.2) is 30.7 Å². The largest absolute Gasteiger partial charge is 0.340 e. The SMILES string of the molecule is CNC(c1cn(C)cn1)c1ccc(F)cc1F. The Kier molecular flexibility index (Phi) is 3.19. The first-order valence-electron chi connectivity index (χ1n) is 5.22. The summed E-state index contributed by atoms with van der Waals surface area (Å²) in [7, 11) is 3.55. The summed E-state index contributed by atoms with van der Waals surface area (Å²) in [4.78, 5) is 4.17. The number of nitrogens with one attached hydrogen (secondary N) is 1. The topological polar surface area (TPSA) is 29.9 Å². The number of halogens is 2. The van der Waals surface area contributed by atoms with Gasteiger partial charge in [-0.15, -0.1) is 0 Å². The number of nitrogens with zero attached hydrogens (tertiary/aromatic N) is 2. The molecule has 1 unspecified atom stereocenters. The van der Waals surface area contributed by atoms with Crippen molar-refractivity contribution in [2.75, 3.05) is 7.05 Å². The van der Waals surface area contributed by atoms with Crippen LogP contribution in [0.3, 0.4) is 0 Å². The zero-order valence-corrected chi connectivity index (χ0v) is 9.61. The van der Waals surface area contributed by atoms with Gasteiger partial charge in [-0.3, -0.25) is 0 Å². The zero-order valence-electron chi connectivity index (χ0n) is 9.61. The Labute approximate surface area is 98.1 Å². The highest BCUT2D eigenvalue weighted by Gasteiger charge is 2.18. The van der Waals surface area contributed by atoms with E-state index in [0.717, 1.165) is 6.07 Å². The molecule has 1 N–H and O–H groups in total. The number of imidazole rings is 1. The summed E-state index contributed by atoms with van der Waals surface area (Å²) < 4.78 is 28.3. The molecule has 2 rings (SSSR count). The second-order valence-electron chi connectivity index (χ2n) is 3.85. The van der Waals surface area contributed by atoms with Crippen molar-refractivity contribution in [2.45, 2.75) is 6.04 Å². The van der Waals surface area contributed by atoms with Gasteiger partial charge in [0.25, 0.3) is 0 Å². The van der Waals surface area contributed by atoms with Gasteiger partial charge < -0.3 is 9.88 Å². The maximum atomic E-state index is 13.7. The van der Waals surface area contributed by atoms with Crippen LogP contribution < -0.4 is 5.32 Å². The van der Waals surface area contributed by atoms with E-state index < -0.39 is 11.6 Å². The highest BCUT2D eigenvalue weighted by Crippen LogP contribution is 2.23. The van der Waals surface area contributed by atoms with E-state index in [1.807, 2.05) is 7.05 Å². The van der Waals surface area contributed by atoms with Gasteiger partial charge in [-0.2, -0.15) is 0 Å². The molecule has 1 atom stereocenters. The Morgan fingerprint density at radius 3 is 2.65 bits per heavy atom. The monoisotopic (exact) mass is 237 g/mol.